The van der Waals surface area contributed by atoms with Crippen LogP contribution in [0.2, 0.25) is 0 Å². The van der Waals surface area contributed by atoms with Gasteiger partial charge in [-0.2, -0.15) is 16.4 Å². The fourth-order valence-electron chi connectivity index (χ4n) is 1.96. The third kappa shape index (κ3) is 6.48. The SMILES string of the molecule is CCNC(=NCC(C)(O)c1ccsc1)NCCn1cccn1.I. The Morgan fingerprint density at radius 2 is 2.30 bits per heavy atom. The average molecular weight is 449 g/mol. The van der Waals surface area contributed by atoms with E-state index >= 15 is 0 Å². The smallest absolute Gasteiger partial charge is 0.191 e. The lowest BCUT2D eigenvalue weighted by atomic mass is 10.00. The Morgan fingerprint density at radius 1 is 1.48 bits per heavy atom. The van der Waals surface area contributed by atoms with Gasteiger partial charge in [0.15, 0.2) is 5.96 Å². The molecule has 128 valence electrons. The summed E-state index contributed by atoms with van der Waals surface area (Å²) in [4.78, 5) is 4.48. The van der Waals surface area contributed by atoms with Crippen molar-refractivity contribution in [3.63, 3.8) is 0 Å². The third-order valence-electron chi connectivity index (χ3n) is 3.22. The minimum atomic E-state index is -0.954. The number of aliphatic hydroxyl groups is 1. The van der Waals surface area contributed by atoms with Crippen molar-refractivity contribution in [3.8, 4) is 0 Å². The molecule has 1 unspecified atom stereocenters. The lowest BCUT2D eigenvalue weighted by Gasteiger charge is -2.21. The first-order valence-corrected chi connectivity index (χ1v) is 8.31. The van der Waals surface area contributed by atoms with Crippen molar-refractivity contribution in [2.45, 2.75) is 26.0 Å². The maximum Gasteiger partial charge on any atom is 0.191 e. The summed E-state index contributed by atoms with van der Waals surface area (Å²) in [6, 6.07) is 3.83. The number of nitrogens with zero attached hydrogens (tertiary/aromatic N) is 3. The normalized spacial score (nSPS) is 14.0. The summed E-state index contributed by atoms with van der Waals surface area (Å²) in [5, 5.41) is 25.0. The molecule has 2 aromatic heterocycles. The number of aliphatic imine (C=N–C) groups is 1. The van der Waals surface area contributed by atoms with Gasteiger partial charge in [-0.05, 0) is 42.3 Å². The van der Waals surface area contributed by atoms with E-state index in [0.29, 0.717) is 19.0 Å². The van der Waals surface area contributed by atoms with E-state index in [0.717, 1.165) is 18.7 Å². The number of guanidine groups is 1. The molecule has 8 heteroatoms. The third-order valence-corrected chi connectivity index (χ3v) is 3.91. The summed E-state index contributed by atoms with van der Waals surface area (Å²) in [7, 11) is 0. The highest BCUT2D eigenvalue weighted by Gasteiger charge is 2.23. The van der Waals surface area contributed by atoms with Crippen LogP contribution in [0.4, 0.5) is 0 Å². The van der Waals surface area contributed by atoms with Crippen molar-refractivity contribution in [2.75, 3.05) is 19.6 Å². The minimum Gasteiger partial charge on any atom is -0.383 e. The van der Waals surface area contributed by atoms with Crippen LogP contribution < -0.4 is 10.6 Å². The number of halogens is 1. The molecule has 0 radical (unpaired) electrons. The molecule has 0 spiro atoms. The van der Waals surface area contributed by atoms with Crippen LogP contribution in [0, 0.1) is 0 Å². The fraction of sp³-hybridized carbons (Fsp3) is 0.467. The van der Waals surface area contributed by atoms with Crippen molar-refractivity contribution in [2.24, 2.45) is 4.99 Å². The molecule has 0 aliphatic rings. The topological polar surface area (TPSA) is 74.5 Å². The van der Waals surface area contributed by atoms with Crippen LogP contribution in [0.15, 0.2) is 40.3 Å². The Kier molecular flexibility index (Phi) is 8.56. The molecule has 0 aromatic carbocycles. The molecule has 3 N–H and O–H groups in total. The van der Waals surface area contributed by atoms with Crippen molar-refractivity contribution in [1.29, 1.82) is 0 Å². The van der Waals surface area contributed by atoms with Crippen LogP contribution in [0.3, 0.4) is 0 Å². The van der Waals surface area contributed by atoms with E-state index in [1.807, 2.05) is 40.7 Å². The predicted molar refractivity (Wildman–Crippen MR) is 106 cm³/mol. The Hall–Kier alpha value is -1.13. The Labute approximate surface area is 158 Å². The minimum absolute atomic E-state index is 0. The Balaban J connectivity index is 0.00000264. The summed E-state index contributed by atoms with van der Waals surface area (Å²) >= 11 is 1.57. The summed E-state index contributed by atoms with van der Waals surface area (Å²) in [5.74, 6) is 0.699. The average Bonchev–Trinajstić information content (AvgIpc) is 3.18. The zero-order valence-corrected chi connectivity index (χ0v) is 16.5. The van der Waals surface area contributed by atoms with Crippen molar-refractivity contribution >= 4 is 41.3 Å². The molecular formula is C15H24IN5OS. The zero-order valence-electron chi connectivity index (χ0n) is 13.4. The van der Waals surface area contributed by atoms with E-state index in [2.05, 4.69) is 20.7 Å². The van der Waals surface area contributed by atoms with Gasteiger partial charge in [-0.25, -0.2) is 4.99 Å². The van der Waals surface area contributed by atoms with Gasteiger partial charge in [0.05, 0.1) is 13.1 Å². The Morgan fingerprint density at radius 3 is 2.91 bits per heavy atom. The van der Waals surface area contributed by atoms with Gasteiger partial charge in [0, 0.05) is 25.5 Å². The highest BCUT2D eigenvalue weighted by atomic mass is 127. The zero-order chi connectivity index (χ0) is 15.8. The van der Waals surface area contributed by atoms with Crippen LogP contribution in [-0.2, 0) is 12.1 Å². The van der Waals surface area contributed by atoms with E-state index in [-0.39, 0.29) is 24.0 Å². The molecule has 2 heterocycles. The lowest BCUT2D eigenvalue weighted by molar-refractivity contribution is 0.0677. The van der Waals surface area contributed by atoms with Gasteiger partial charge in [0.1, 0.15) is 5.60 Å². The first-order chi connectivity index (χ1) is 10.6. The second-order valence-corrected chi connectivity index (χ2v) is 5.96. The molecule has 2 aromatic rings. The van der Waals surface area contributed by atoms with Gasteiger partial charge in [0.2, 0.25) is 0 Å². The number of hydrogen-bond donors (Lipinski definition) is 3. The maximum absolute atomic E-state index is 10.5. The summed E-state index contributed by atoms with van der Waals surface area (Å²) in [6.45, 7) is 6.36. The van der Waals surface area contributed by atoms with Gasteiger partial charge in [-0.3, -0.25) is 4.68 Å². The van der Waals surface area contributed by atoms with E-state index in [1.54, 1.807) is 24.5 Å². The second-order valence-electron chi connectivity index (χ2n) is 5.18. The first-order valence-electron chi connectivity index (χ1n) is 7.36. The number of hydrogen-bond acceptors (Lipinski definition) is 4. The summed E-state index contributed by atoms with van der Waals surface area (Å²) in [5.41, 5.74) is -0.0571. The molecular weight excluding hydrogens is 425 g/mol. The molecule has 23 heavy (non-hydrogen) atoms. The molecule has 1 atom stereocenters. The van der Waals surface area contributed by atoms with Crippen LogP contribution in [0.5, 0.6) is 0 Å². The molecule has 0 saturated carbocycles. The highest BCUT2D eigenvalue weighted by Crippen LogP contribution is 2.23. The largest absolute Gasteiger partial charge is 0.383 e. The molecule has 0 bridgehead atoms. The van der Waals surface area contributed by atoms with Crippen LogP contribution in [-0.4, -0.2) is 40.5 Å². The molecule has 0 saturated heterocycles. The van der Waals surface area contributed by atoms with E-state index in [1.165, 1.54) is 0 Å². The molecule has 0 aliphatic carbocycles. The van der Waals surface area contributed by atoms with Crippen molar-refractivity contribution in [1.82, 2.24) is 20.4 Å². The molecule has 6 nitrogen and oxygen atoms in total. The first kappa shape index (κ1) is 19.9. The molecule has 0 amide bonds. The fourth-order valence-corrected chi connectivity index (χ4v) is 2.74. The second kappa shape index (κ2) is 9.89. The number of rotatable bonds is 7. The van der Waals surface area contributed by atoms with Gasteiger partial charge in [-0.1, -0.05) is 0 Å². The van der Waals surface area contributed by atoms with Gasteiger partial charge in [0.25, 0.3) is 0 Å². The maximum atomic E-state index is 10.5. The number of nitrogens with one attached hydrogen (secondary N) is 2. The number of thiophene rings is 1. The molecule has 0 fully saturated rings. The summed E-state index contributed by atoms with van der Waals surface area (Å²) in [6.07, 6.45) is 3.68. The highest BCUT2D eigenvalue weighted by molar-refractivity contribution is 14.0. The summed E-state index contributed by atoms with van der Waals surface area (Å²) < 4.78 is 1.86. The van der Waals surface area contributed by atoms with Crippen molar-refractivity contribution < 1.29 is 5.11 Å². The quantitative estimate of drug-likeness (QED) is 0.344. The van der Waals surface area contributed by atoms with Crippen LogP contribution in [0.1, 0.15) is 19.4 Å². The monoisotopic (exact) mass is 449 g/mol. The van der Waals surface area contributed by atoms with Gasteiger partial charge in [-0.15, -0.1) is 24.0 Å². The van der Waals surface area contributed by atoms with Crippen LogP contribution >= 0.6 is 35.3 Å². The molecule has 2 rings (SSSR count). The van der Waals surface area contributed by atoms with Gasteiger partial charge >= 0.3 is 0 Å². The predicted octanol–water partition coefficient (Wildman–Crippen LogP) is 2.03. The van der Waals surface area contributed by atoms with Crippen LogP contribution in [0.25, 0.3) is 0 Å². The van der Waals surface area contributed by atoms with E-state index in [4.69, 9.17) is 0 Å². The Bertz CT molecular complexity index is 569. The lowest BCUT2D eigenvalue weighted by Crippen LogP contribution is -2.40. The van der Waals surface area contributed by atoms with E-state index in [9.17, 15) is 5.11 Å². The number of aromatic nitrogens is 2. The van der Waals surface area contributed by atoms with Crippen molar-refractivity contribution in [3.05, 3.63) is 40.8 Å². The molecule has 0 aliphatic heterocycles. The van der Waals surface area contributed by atoms with E-state index < -0.39 is 5.60 Å². The standard InChI is InChI=1S/C15H23N5OS.HI/c1-3-16-14(17-7-9-20-8-4-6-19-20)18-12-15(2,21)13-5-10-22-11-13;/h4-6,8,10-11,21H,3,7,9,12H2,1-2H3,(H2,16,17,18);1H. The van der Waals surface area contributed by atoms with Gasteiger partial charge < -0.3 is 15.7 Å².